The van der Waals surface area contributed by atoms with E-state index in [4.69, 9.17) is 5.84 Å². The smallest absolute Gasteiger partial charge is 0.282 e. The van der Waals surface area contributed by atoms with E-state index in [9.17, 15) is 9.59 Å². The first-order valence-corrected chi connectivity index (χ1v) is 11.7. The fourth-order valence-corrected chi connectivity index (χ4v) is 5.52. The van der Waals surface area contributed by atoms with Crippen LogP contribution < -0.4 is 16.7 Å². The number of rotatable bonds is 7. The quantitative estimate of drug-likeness (QED) is 0.344. The molecule has 2 saturated carbocycles. The number of thiophene rings is 1. The first-order chi connectivity index (χ1) is 14.1. The monoisotopic (exact) mass is 426 g/mol. The number of fused-ring (bicyclic) bond motifs is 1. The van der Waals surface area contributed by atoms with Crippen molar-refractivity contribution in [2.45, 2.75) is 36.9 Å². The van der Waals surface area contributed by atoms with Crippen molar-refractivity contribution < 1.29 is 4.79 Å². The summed E-state index contributed by atoms with van der Waals surface area (Å²) in [6.07, 6.45) is 4.88. The summed E-state index contributed by atoms with van der Waals surface area (Å²) in [6, 6.07) is 10.1. The van der Waals surface area contributed by atoms with Crippen molar-refractivity contribution >= 4 is 39.2 Å². The first-order valence-electron chi connectivity index (χ1n) is 9.88. The molecule has 2 aliphatic rings. The maximum Gasteiger partial charge on any atom is 0.282 e. The Morgan fingerprint density at radius 3 is 2.59 bits per heavy atom. The molecule has 0 saturated heterocycles. The van der Waals surface area contributed by atoms with Crippen molar-refractivity contribution in [3.05, 3.63) is 46.1 Å². The van der Waals surface area contributed by atoms with Crippen LogP contribution in [0.15, 0.2) is 45.7 Å². The molecule has 0 bridgehead atoms. The summed E-state index contributed by atoms with van der Waals surface area (Å²) in [5, 5.41) is 6.03. The summed E-state index contributed by atoms with van der Waals surface area (Å²) in [5.41, 5.74) is 1.52. The van der Waals surface area contributed by atoms with Gasteiger partial charge in [0.05, 0.1) is 11.1 Å². The van der Waals surface area contributed by atoms with Crippen LogP contribution >= 0.6 is 23.1 Å². The first kappa shape index (κ1) is 18.7. The summed E-state index contributed by atoms with van der Waals surface area (Å²) >= 11 is 2.64. The SMILES string of the molecule is Nn1c(SCC(=O)NC(C2CC2)C2CC2)nc2scc(-c3ccccc3)c2c1=O. The van der Waals surface area contributed by atoms with E-state index in [0.29, 0.717) is 33.3 Å². The Balaban J connectivity index is 1.35. The van der Waals surface area contributed by atoms with Crippen molar-refractivity contribution in [3.63, 3.8) is 0 Å². The zero-order chi connectivity index (χ0) is 20.0. The van der Waals surface area contributed by atoms with E-state index in [1.54, 1.807) is 0 Å². The third kappa shape index (κ3) is 3.79. The third-order valence-corrected chi connectivity index (χ3v) is 7.44. The molecule has 29 heavy (non-hydrogen) atoms. The number of nitrogen functional groups attached to an aromatic ring is 1. The van der Waals surface area contributed by atoms with Crippen molar-refractivity contribution in [3.8, 4) is 11.1 Å². The fourth-order valence-electron chi connectivity index (χ4n) is 3.81. The highest BCUT2D eigenvalue weighted by molar-refractivity contribution is 7.99. The Hall–Kier alpha value is -2.32. The number of nitrogens with zero attached hydrogens (tertiary/aromatic N) is 2. The van der Waals surface area contributed by atoms with Crippen molar-refractivity contribution in [2.75, 3.05) is 11.6 Å². The lowest BCUT2D eigenvalue weighted by Gasteiger charge is -2.17. The molecule has 1 amide bonds. The van der Waals surface area contributed by atoms with Gasteiger partial charge in [0.1, 0.15) is 4.83 Å². The summed E-state index contributed by atoms with van der Waals surface area (Å²) < 4.78 is 1.07. The number of carbonyl (C=O) groups excluding carboxylic acids is 1. The summed E-state index contributed by atoms with van der Waals surface area (Å²) in [5.74, 6) is 7.56. The van der Waals surface area contributed by atoms with Crippen LogP contribution in [0.4, 0.5) is 0 Å². The Kier molecular flexibility index (Phi) is 4.83. The van der Waals surface area contributed by atoms with E-state index in [1.165, 1.54) is 48.8 Å². The van der Waals surface area contributed by atoms with Crippen LogP contribution in [-0.4, -0.2) is 27.4 Å². The molecule has 2 aromatic heterocycles. The highest BCUT2D eigenvalue weighted by Crippen LogP contribution is 2.44. The van der Waals surface area contributed by atoms with Gasteiger partial charge < -0.3 is 11.2 Å². The molecular weight excluding hydrogens is 404 g/mol. The van der Waals surface area contributed by atoms with Gasteiger partial charge in [0.2, 0.25) is 5.91 Å². The summed E-state index contributed by atoms with van der Waals surface area (Å²) in [7, 11) is 0. The number of thioether (sulfide) groups is 1. The topological polar surface area (TPSA) is 90.0 Å². The number of nitrogens with two attached hydrogens (primary N) is 1. The Bertz CT molecular complexity index is 1100. The molecule has 0 spiro atoms. The lowest BCUT2D eigenvalue weighted by Crippen LogP contribution is -2.39. The molecule has 1 aromatic carbocycles. The van der Waals surface area contributed by atoms with Crippen molar-refractivity contribution in [1.82, 2.24) is 15.0 Å². The number of amides is 1. The molecule has 3 N–H and O–H groups in total. The second-order valence-corrected chi connectivity index (χ2v) is 9.62. The molecule has 0 atom stereocenters. The van der Waals surface area contributed by atoms with E-state index >= 15 is 0 Å². The number of nitrogens with one attached hydrogen (secondary N) is 1. The van der Waals surface area contributed by atoms with Crippen molar-refractivity contribution in [1.29, 1.82) is 0 Å². The minimum Gasteiger partial charge on any atom is -0.352 e. The average Bonchev–Trinajstić information content (AvgIpc) is 3.66. The van der Waals surface area contributed by atoms with Crippen LogP contribution in [-0.2, 0) is 4.79 Å². The molecule has 8 heteroatoms. The lowest BCUT2D eigenvalue weighted by molar-refractivity contribution is -0.119. The van der Waals surface area contributed by atoms with Gasteiger partial charge in [0.15, 0.2) is 5.16 Å². The number of benzene rings is 1. The van der Waals surface area contributed by atoms with E-state index in [-0.39, 0.29) is 17.2 Å². The number of aromatic nitrogens is 2. The number of hydrogen-bond donors (Lipinski definition) is 2. The number of hydrogen-bond acceptors (Lipinski definition) is 6. The van der Waals surface area contributed by atoms with Gasteiger partial charge in [0.25, 0.3) is 5.56 Å². The Morgan fingerprint density at radius 1 is 1.24 bits per heavy atom. The van der Waals surface area contributed by atoms with Gasteiger partial charge in [-0.2, -0.15) is 0 Å². The van der Waals surface area contributed by atoms with Gasteiger partial charge in [-0.1, -0.05) is 42.1 Å². The minimum atomic E-state index is -0.285. The lowest BCUT2D eigenvalue weighted by atomic mass is 10.1. The molecule has 0 unspecified atom stereocenters. The van der Waals surface area contributed by atoms with Gasteiger partial charge >= 0.3 is 0 Å². The van der Waals surface area contributed by atoms with Crippen molar-refractivity contribution in [2.24, 2.45) is 11.8 Å². The van der Waals surface area contributed by atoms with Crippen LogP contribution in [0, 0.1) is 11.8 Å². The molecular formula is C21H22N4O2S2. The van der Waals surface area contributed by atoms with Gasteiger partial charge in [0, 0.05) is 17.0 Å². The molecule has 2 aliphatic carbocycles. The maximum absolute atomic E-state index is 12.9. The summed E-state index contributed by atoms with van der Waals surface area (Å²) in [6.45, 7) is 0. The zero-order valence-electron chi connectivity index (χ0n) is 15.8. The van der Waals surface area contributed by atoms with Gasteiger partial charge in [-0.25, -0.2) is 9.66 Å². The van der Waals surface area contributed by atoms with E-state index in [1.807, 2.05) is 35.7 Å². The molecule has 3 aromatic rings. The molecule has 0 aliphatic heterocycles. The largest absolute Gasteiger partial charge is 0.352 e. The number of carbonyl (C=O) groups is 1. The molecule has 2 heterocycles. The van der Waals surface area contributed by atoms with Crippen LogP contribution in [0.5, 0.6) is 0 Å². The second kappa shape index (κ2) is 7.50. The van der Waals surface area contributed by atoms with E-state index < -0.39 is 0 Å². The molecule has 5 rings (SSSR count). The van der Waals surface area contributed by atoms with Gasteiger partial charge in [-0.15, -0.1) is 11.3 Å². The molecule has 0 radical (unpaired) electrons. The Morgan fingerprint density at radius 2 is 1.93 bits per heavy atom. The van der Waals surface area contributed by atoms with Crippen LogP contribution in [0.25, 0.3) is 21.3 Å². The molecule has 150 valence electrons. The maximum atomic E-state index is 12.9. The highest BCUT2D eigenvalue weighted by Gasteiger charge is 2.42. The normalized spacial score (nSPS) is 16.4. The zero-order valence-corrected chi connectivity index (χ0v) is 17.5. The molecule has 2 fully saturated rings. The summed E-state index contributed by atoms with van der Waals surface area (Å²) in [4.78, 5) is 30.6. The van der Waals surface area contributed by atoms with Gasteiger partial charge in [-0.05, 0) is 43.1 Å². The standard InChI is InChI=1S/C21H22N4O2S2/c22-25-20(27)17-15(12-4-2-1-3-5-12)10-28-19(17)24-21(25)29-11-16(26)23-18(13-6-7-13)14-8-9-14/h1-5,10,13-14,18H,6-9,11,22H2,(H,23,26). The highest BCUT2D eigenvalue weighted by atomic mass is 32.2. The minimum absolute atomic E-state index is 0.00991. The molecule has 6 nitrogen and oxygen atoms in total. The predicted molar refractivity (Wildman–Crippen MR) is 118 cm³/mol. The third-order valence-electron chi connectivity index (χ3n) is 5.61. The van der Waals surface area contributed by atoms with Crippen LogP contribution in [0.2, 0.25) is 0 Å². The van der Waals surface area contributed by atoms with E-state index in [2.05, 4.69) is 10.3 Å². The second-order valence-electron chi connectivity index (χ2n) is 7.82. The Labute approximate surface area is 176 Å². The van der Waals surface area contributed by atoms with Crippen LogP contribution in [0.3, 0.4) is 0 Å². The average molecular weight is 427 g/mol. The predicted octanol–water partition coefficient (Wildman–Crippen LogP) is 3.24. The van der Waals surface area contributed by atoms with E-state index in [0.717, 1.165) is 15.8 Å². The van der Waals surface area contributed by atoms with Gasteiger partial charge in [-0.3, -0.25) is 9.59 Å². The van der Waals surface area contributed by atoms with Crippen LogP contribution in [0.1, 0.15) is 25.7 Å². The fraction of sp³-hybridized carbons (Fsp3) is 0.381.